The van der Waals surface area contributed by atoms with Crippen LogP contribution in [-0.2, 0) is 10.3 Å². The van der Waals surface area contributed by atoms with Crippen molar-refractivity contribution in [1.82, 2.24) is 14.8 Å². The minimum absolute atomic E-state index is 0.0430. The van der Waals surface area contributed by atoms with Gasteiger partial charge in [-0.15, -0.1) is 0 Å². The summed E-state index contributed by atoms with van der Waals surface area (Å²) in [7, 11) is 0. The van der Waals surface area contributed by atoms with Crippen molar-refractivity contribution in [3.05, 3.63) is 88.7 Å². The quantitative estimate of drug-likeness (QED) is 0.462. The number of rotatable bonds is 5. The minimum Gasteiger partial charge on any atom is -0.493 e. The molecule has 1 aromatic heterocycles. The van der Waals surface area contributed by atoms with Gasteiger partial charge in [0.05, 0.1) is 19.2 Å². The normalized spacial score (nSPS) is 20.1. The Morgan fingerprint density at radius 2 is 1.79 bits per heavy atom. The molecule has 2 atom stereocenters. The van der Waals surface area contributed by atoms with Crippen LogP contribution in [0.15, 0.2) is 60.7 Å². The van der Waals surface area contributed by atoms with Crippen LogP contribution in [0.1, 0.15) is 52.3 Å². The van der Waals surface area contributed by atoms with Crippen LogP contribution in [0.2, 0.25) is 0 Å². The van der Waals surface area contributed by atoms with E-state index in [1.807, 2.05) is 50.2 Å². The molecule has 0 bridgehead atoms. The third-order valence-electron chi connectivity index (χ3n) is 7.01. The number of urea groups is 1. The summed E-state index contributed by atoms with van der Waals surface area (Å²) in [5.41, 5.74) is 2.86. The number of amides is 3. The molecule has 5 rings (SSSR count). The van der Waals surface area contributed by atoms with Gasteiger partial charge in [-0.3, -0.25) is 14.5 Å². The lowest BCUT2D eigenvalue weighted by atomic mass is 9.84. The Bertz CT molecular complexity index is 1300. The van der Waals surface area contributed by atoms with Gasteiger partial charge in [0.1, 0.15) is 5.75 Å². The van der Waals surface area contributed by atoms with Gasteiger partial charge in [-0.25, -0.2) is 4.79 Å². The van der Waals surface area contributed by atoms with Gasteiger partial charge in [0, 0.05) is 28.9 Å². The van der Waals surface area contributed by atoms with E-state index in [4.69, 9.17) is 4.74 Å². The fourth-order valence-corrected chi connectivity index (χ4v) is 5.28. The molecule has 1 fully saturated rings. The number of aromatic nitrogens is 1. The molecule has 0 aliphatic carbocycles. The number of ketones is 1. The van der Waals surface area contributed by atoms with E-state index in [1.54, 1.807) is 12.1 Å². The van der Waals surface area contributed by atoms with Crippen molar-refractivity contribution in [1.29, 1.82) is 0 Å². The van der Waals surface area contributed by atoms with E-state index in [-0.39, 0.29) is 18.4 Å². The monoisotopic (exact) mass is 457 g/mol. The number of nitrogens with one attached hydrogen (secondary N) is 1. The van der Waals surface area contributed by atoms with Crippen LogP contribution in [0.5, 0.6) is 5.75 Å². The van der Waals surface area contributed by atoms with E-state index < -0.39 is 17.5 Å². The maximum Gasteiger partial charge on any atom is 0.325 e. The largest absolute Gasteiger partial charge is 0.493 e. The zero-order valence-electron chi connectivity index (χ0n) is 19.5. The second-order valence-electron chi connectivity index (χ2n) is 8.99. The molecule has 34 heavy (non-hydrogen) atoms. The van der Waals surface area contributed by atoms with E-state index in [1.165, 1.54) is 0 Å². The highest BCUT2D eigenvalue weighted by atomic mass is 16.5. The lowest BCUT2D eigenvalue weighted by molar-refractivity contribution is -0.132. The van der Waals surface area contributed by atoms with E-state index in [0.29, 0.717) is 29.9 Å². The number of fused-ring (bicyclic) bond motifs is 2. The molecule has 0 unspecified atom stereocenters. The molecular weight excluding hydrogens is 430 g/mol. The molecule has 1 spiro atoms. The van der Waals surface area contributed by atoms with Crippen molar-refractivity contribution in [2.45, 2.75) is 38.8 Å². The predicted molar refractivity (Wildman–Crippen MR) is 127 cm³/mol. The van der Waals surface area contributed by atoms with E-state index >= 15 is 0 Å². The number of nitrogens with zero attached hydrogens (tertiary/aromatic N) is 2. The molecule has 7 nitrogen and oxygen atoms in total. The number of para-hydroxylation sites is 1. The van der Waals surface area contributed by atoms with Gasteiger partial charge in [0.15, 0.2) is 11.3 Å². The molecule has 174 valence electrons. The van der Waals surface area contributed by atoms with Gasteiger partial charge in [0.25, 0.3) is 5.91 Å². The van der Waals surface area contributed by atoms with Crippen molar-refractivity contribution >= 4 is 17.7 Å². The van der Waals surface area contributed by atoms with Crippen LogP contribution in [0.3, 0.4) is 0 Å². The van der Waals surface area contributed by atoms with E-state index in [0.717, 1.165) is 21.9 Å². The smallest absolute Gasteiger partial charge is 0.325 e. The molecule has 2 aliphatic heterocycles. The Morgan fingerprint density at radius 1 is 1.09 bits per heavy atom. The Labute approximate surface area is 198 Å². The molecule has 3 amide bonds. The highest BCUT2D eigenvalue weighted by molar-refractivity contribution is 6.12. The second kappa shape index (κ2) is 8.17. The van der Waals surface area contributed by atoms with Crippen LogP contribution in [0.4, 0.5) is 4.79 Å². The van der Waals surface area contributed by atoms with Crippen LogP contribution in [0, 0.1) is 13.8 Å². The van der Waals surface area contributed by atoms with Crippen LogP contribution >= 0.6 is 0 Å². The first-order valence-electron chi connectivity index (χ1n) is 11.5. The first kappa shape index (κ1) is 21.9. The van der Waals surface area contributed by atoms with Crippen molar-refractivity contribution < 1.29 is 19.1 Å². The number of carbonyl (C=O) groups is 3. The SMILES string of the molecule is Cc1cc(C(=O)CN2C(=O)N[C@@]3(CCOc4ccccc43)C2=O)c(C)n1[C@@H](C)c1ccccc1. The molecule has 2 aliphatic rings. The Morgan fingerprint density at radius 3 is 2.56 bits per heavy atom. The van der Waals surface area contributed by atoms with Gasteiger partial charge >= 0.3 is 6.03 Å². The first-order chi connectivity index (χ1) is 16.3. The number of imide groups is 1. The molecule has 3 heterocycles. The summed E-state index contributed by atoms with van der Waals surface area (Å²) >= 11 is 0. The molecule has 2 aromatic carbocycles. The Balaban J connectivity index is 1.42. The summed E-state index contributed by atoms with van der Waals surface area (Å²) in [5.74, 6) is -0.0948. The third-order valence-corrected chi connectivity index (χ3v) is 7.01. The average Bonchev–Trinajstić information content (AvgIpc) is 3.27. The molecule has 1 saturated heterocycles. The molecule has 0 radical (unpaired) electrons. The number of Topliss-reactive ketones (excluding diaryl/α,β-unsaturated/α-hetero) is 1. The van der Waals surface area contributed by atoms with Gasteiger partial charge in [-0.05, 0) is 38.5 Å². The summed E-state index contributed by atoms with van der Waals surface area (Å²) in [6.45, 7) is 5.96. The van der Waals surface area contributed by atoms with Crippen LogP contribution < -0.4 is 10.1 Å². The molecule has 3 aromatic rings. The molecule has 1 N–H and O–H groups in total. The Kier molecular flexibility index (Phi) is 5.27. The van der Waals surface area contributed by atoms with Gasteiger partial charge < -0.3 is 14.6 Å². The number of aryl methyl sites for hydroxylation is 1. The van der Waals surface area contributed by atoms with Gasteiger partial charge in [-0.1, -0.05) is 48.5 Å². The second-order valence-corrected chi connectivity index (χ2v) is 8.99. The summed E-state index contributed by atoms with van der Waals surface area (Å²) in [6.07, 6.45) is 0.322. The molecule has 7 heteroatoms. The first-order valence-corrected chi connectivity index (χ1v) is 11.5. The number of benzene rings is 2. The highest BCUT2D eigenvalue weighted by Gasteiger charge is 2.55. The predicted octanol–water partition coefficient (Wildman–Crippen LogP) is 4.13. The summed E-state index contributed by atoms with van der Waals surface area (Å²) in [4.78, 5) is 40.8. The Hall–Kier alpha value is -3.87. The lowest BCUT2D eigenvalue weighted by Gasteiger charge is -2.33. The van der Waals surface area contributed by atoms with Gasteiger partial charge in [-0.2, -0.15) is 0 Å². The standard InChI is InChI=1S/C27H27N3O4/c1-17-15-21(19(3)30(17)18(2)20-9-5-4-6-10-20)23(31)16-29-25(32)27(28-26(29)33)13-14-34-24-12-8-7-11-22(24)27/h4-12,15,18H,13-14,16H2,1-3H3,(H,28,33)/t18-,27+/m0/s1. The van der Waals surface area contributed by atoms with Crippen LogP contribution in [0.25, 0.3) is 0 Å². The zero-order chi connectivity index (χ0) is 24.0. The fraction of sp³-hybridized carbons (Fsp3) is 0.296. The topological polar surface area (TPSA) is 80.6 Å². The summed E-state index contributed by atoms with van der Waals surface area (Å²) in [5, 5.41) is 2.85. The van der Waals surface area contributed by atoms with E-state index in [9.17, 15) is 14.4 Å². The van der Waals surface area contributed by atoms with E-state index in [2.05, 4.69) is 28.9 Å². The molecular formula is C27H27N3O4. The zero-order valence-corrected chi connectivity index (χ0v) is 19.5. The van der Waals surface area contributed by atoms with Crippen LogP contribution in [-0.4, -0.2) is 40.3 Å². The number of hydrogen-bond acceptors (Lipinski definition) is 4. The summed E-state index contributed by atoms with van der Waals surface area (Å²) in [6, 6.07) is 18.6. The number of carbonyl (C=O) groups excluding carboxylic acids is 3. The maximum atomic E-state index is 13.5. The van der Waals surface area contributed by atoms with Crippen molar-refractivity contribution in [3.63, 3.8) is 0 Å². The lowest BCUT2D eigenvalue weighted by Crippen LogP contribution is -2.47. The third kappa shape index (κ3) is 3.31. The fourth-order valence-electron chi connectivity index (χ4n) is 5.28. The molecule has 0 saturated carbocycles. The van der Waals surface area contributed by atoms with Crippen molar-refractivity contribution in [3.8, 4) is 5.75 Å². The maximum absolute atomic E-state index is 13.5. The van der Waals surface area contributed by atoms with Crippen molar-refractivity contribution in [2.24, 2.45) is 0 Å². The average molecular weight is 458 g/mol. The van der Waals surface area contributed by atoms with Crippen molar-refractivity contribution in [2.75, 3.05) is 13.2 Å². The minimum atomic E-state index is -1.19. The van der Waals surface area contributed by atoms with Gasteiger partial charge in [0.2, 0.25) is 0 Å². The number of ether oxygens (including phenoxy) is 1. The number of hydrogen-bond donors (Lipinski definition) is 1. The highest BCUT2D eigenvalue weighted by Crippen LogP contribution is 2.41. The summed E-state index contributed by atoms with van der Waals surface area (Å²) < 4.78 is 7.79.